The predicted octanol–water partition coefficient (Wildman–Crippen LogP) is 2.66. The van der Waals surface area contributed by atoms with Crippen LogP contribution in [0.15, 0.2) is 55.1 Å². The molecule has 2 heterocycles. The first-order valence-electron chi connectivity index (χ1n) is 7.16. The van der Waals surface area contributed by atoms with E-state index < -0.39 is 0 Å². The molecule has 0 radical (unpaired) electrons. The van der Waals surface area contributed by atoms with Crippen LogP contribution in [0, 0.1) is 13.8 Å². The molecule has 3 heteroatoms. The lowest BCUT2D eigenvalue weighted by Gasteiger charge is -2.07. The summed E-state index contributed by atoms with van der Waals surface area (Å²) >= 11 is 0. The number of pyridine rings is 1. The molecular weight excluding hydrogens is 260 g/mol. The molecule has 3 nitrogen and oxygen atoms in total. The molecule has 0 saturated carbocycles. The van der Waals surface area contributed by atoms with Gasteiger partial charge in [-0.05, 0) is 42.7 Å². The molecule has 2 aromatic heterocycles. The molecule has 0 spiro atoms. The minimum Gasteiger partial charge on any atom is -0.295 e. The van der Waals surface area contributed by atoms with Crippen LogP contribution in [0.3, 0.4) is 0 Å². The maximum absolute atomic E-state index is 12.3. The van der Waals surface area contributed by atoms with Crippen molar-refractivity contribution in [3.63, 3.8) is 0 Å². The average Bonchev–Trinajstić information content (AvgIpc) is 2.85. The number of hydrogen-bond donors (Lipinski definition) is 0. The third-order valence-corrected chi connectivity index (χ3v) is 3.87. The van der Waals surface area contributed by atoms with Gasteiger partial charge in [0.2, 0.25) is 6.33 Å². The first-order valence-corrected chi connectivity index (χ1v) is 7.16. The van der Waals surface area contributed by atoms with Crippen LogP contribution in [0.2, 0.25) is 0 Å². The molecule has 1 aromatic carbocycles. The SMILES string of the molecule is Cc1cccc(C)c1CC(=O)C[n+]1cc2ccccn2c1. The van der Waals surface area contributed by atoms with Crippen molar-refractivity contribution in [2.75, 3.05) is 0 Å². The van der Waals surface area contributed by atoms with E-state index in [1.165, 1.54) is 11.1 Å². The summed E-state index contributed by atoms with van der Waals surface area (Å²) in [7, 11) is 0. The van der Waals surface area contributed by atoms with Crippen molar-refractivity contribution < 1.29 is 9.36 Å². The van der Waals surface area contributed by atoms with Gasteiger partial charge in [-0.15, -0.1) is 0 Å². The number of aromatic nitrogens is 2. The smallest absolute Gasteiger partial charge is 0.249 e. The molecular formula is C18H19N2O+. The fraction of sp³-hybridized carbons (Fsp3) is 0.222. The molecule has 0 fully saturated rings. The zero-order chi connectivity index (χ0) is 14.8. The van der Waals surface area contributed by atoms with Crippen molar-refractivity contribution in [2.45, 2.75) is 26.8 Å². The molecule has 0 saturated heterocycles. The minimum atomic E-state index is 0.230. The van der Waals surface area contributed by atoms with E-state index >= 15 is 0 Å². The van der Waals surface area contributed by atoms with Gasteiger partial charge >= 0.3 is 0 Å². The highest BCUT2D eigenvalue weighted by Gasteiger charge is 2.13. The van der Waals surface area contributed by atoms with E-state index in [0.29, 0.717) is 13.0 Å². The quantitative estimate of drug-likeness (QED) is 0.674. The van der Waals surface area contributed by atoms with E-state index in [-0.39, 0.29) is 5.78 Å². The van der Waals surface area contributed by atoms with E-state index in [1.807, 2.05) is 52.0 Å². The number of aryl methyl sites for hydroxylation is 2. The van der Waals surface area contributed by atoms with Crippen molar-refractivity contribution in [2.24, 2.45) is 0 Å². The van der Waals surface area contributed by atoms with E-state index in [9.17, 15) is 4.79 Å². The number of imidazole rings is 1. The van der Waals surface area contributed by atoms with Crippen LogP contribution >= 0.6 is 0 Å². The second-order valence-corrected chi connectivity index (χ2v) is 5.54. The second kappa shape index (κ2) is 5.52. The standard InChI is InChI=1S/C18H19N2O/c1-14-6-5-7-15(2)18(14)10-17(21)12-19-11-16-8-3-4-9-20(16)13-19/h3-9,11,13H,10,12H2,1-2H3/q+1. The van der Waals surface area contributed by atoms with Gasteiger partial charge in [-0.3, -0.25) is 4.79 Å². The molecule has 0 amide bonds. The largest absolute Gasteiger partial charge is 0.295 e. The number of carbonyl (C=O) groups excluding carboxylic acids is 1. The highest BCUT2D eigenvalue weighted by Crippen LogP contribution is 2.14. The van der Waals surface area contributed by atoms with Gasteiger partial charge in [0.1, 0.15) is 12.7 Å². The zero-order valence-electron chi connectivity index (χ0n) is 12.4. The van der Waals surface area contributed by atoms with Gasteiger partial charge in [-0.2, -0.15) is 0 Å². The Morgan fingerprint density at radius 1 is 1.10 bits per heavy atom. The number of ketones is 1. The van der Waals surface area contributed by atoms with Crippen LogP contribution in [-0.2, 0) is 17.8 Å². The van der Waals surface area contributed by atoms with Crippen LogP contribution in [0.25, 0.3) is 5.52 Å². The van der Waals surface area contributed by atoms with E-state index in [0.717, 1.165) is 11.1 Å². The Morgan fingerprint density at radius 2 is 1.86 bits per heavy atom. The summed E-state index contributed by atoms with van der Waals surface area (Å²) in [5.74, 6) is 0.230. The topological polar surface area (TPSA) is 25.4 Å². The number of carbonyl (C=O) groups is 1. The van der Waals surface area contributed by atoms with Crippen LogP contribution in [-0.4, -0.2) is 10.2 Å². The van der Waals surface area contributed by atoms with Crippen molar-refractivity contribution in [1.82, 2.24) is 4.40 Å². The summed E-state index contributed by atoms with van der Waals surface area (Å²) in [6.45, 7) is 4.54. The van der Waals surface area contributed by atoms with Crippen LogP contribution in [0.4, 0.5) is 0 Å². The minimum absolute atomic E-state index is 0.230. The summed E-state index contributed by atoms with van der Waals surface area (Å²) in [5.41, 5.74) is 4.63. The number of nitrogens with zero attached hydrogens (tertiary/aromatic N) is 2. The predicted molar refractivity (Wildman–Crippen MR) is 82.2 cm³/mol. The highest BCUT2D eigenvalue weighted by molar-refractivity contribution is 5.80. The summed E-state index contributed by atoms with van der Waals surface area (Å²) < 4.78 is 3.97. The first-order chi connectivity index (χ1) is 10.1. The number of fused-ring (bicyclic) bond motifs is 1. The number of Topliss-reactive ketones (excluding diaryl/α,β-unsaturated/α-hetero) is 1. The summed E-state index contributed by atoms with van der Waals surface area (Å²) in [4.78, 5) is 12.3. The second-order valence-electron chi connectivity index (χ2n) is 5.54. The highest BCUT2D eigenvalue weighted by atomic mass is 16.1. The van der Waals surface area contributed by atoms with Crippen molar-refractivity contribution >= 4 is 11.3 Å². The molecule has 21 heavy (non-hydrogen) atoms. The number of rotatable bonds is 4. The van der Waals surface area contributed by atoms with Gasteiger partial charge in [0.05, 0.1) is 6.20 Å². The molecule has 106 valence electrons. The molecule has 0 atom stereocenters. The van der Waals surface area contributed by atoms with Gasteiger partial charge in [-0.25, -0.2) is 8.97 Å². The lowest BCUT2D eigenvalue weighted by Crippen LogP contribution is -2.36. The monoisotopic (exact) mass is 279 g/mol. The third-order valence-electron chi connectivity index (χ3n) is 3.87. The molecule has 0 N–H and O–H groups in total. The summed E-state index contributed by atoms with van der Waals surface area (Å²) in [6.07, 6.45) is 6.44. The van der Waals surface area contributed by atoms with Crippen molar-refractivity contribution in [3.05, 3.63) is 71.8 Å². The molecule has 3 aromatic rings. The van der Waals surface area contributed by atoms with Gasteiger partial charge in [0.25, 0.3) is 0 Å². The van der Waals surface area contributed by atoms with Crippen molar-refractivity contribution in [3.8, 4) is 0 Å². The molecule has 0 aliphatic heterocycles. The Balaban J connectivity index is 1.77. The normalized spacial score (nSPS) is 11.0. The summed E-state index contributed by atoms with van der Waals surface area (Å²) in [5, 5.41) is 0. The maximum Gasteiger partial charge on any atom is 0.249 e. The fourth-order valence-electron chi connectivity index (χ4n) is 2.72. The maximum atomic E-state index is 12.3. The van der Waals surface area contributed by atoms with Gasteiger partial charge in [0, 0.05) is 6.42 Å². The fourth-order valence-corrected chi connectivity index (χ4v) is 2.72. The Hall–Kier alpha value is -2.42. The molecule has 0 unspecified atom stereocenters. The Kier molecular flexibility index (Phi) is 3.57. The molecule has 0 aliphatic carbocycles. The average molecular weight is 279 g/mol. The van der Waals surface area contributed by atoms with Crippen LogP contribution in [0.1, 0.15) is 16.7 Å². The number of benzene rings is 1. The van der Waals surface area contributed by atoms with Gasteiger partial charge in [0.15, 0.2) is 11.3 Å². The Labute approximate surface area is 124 Å². The molecule has 3 rings (SSSR count). The van der Waals surface area contributed by atoms with E-state index in [2.05, 4.69) is 26.0 Å². The van der Waals surface area contributed by atoms with Gasteiger partial charge < -0.3 is 0 Å². The number of hydrogen-bond acceptors (Lipinski definition) is 1. The third kappa shape index (κ3) is 2.87. The Morgan fingerprint density at radius 3 is 2.57 bits per heavy atom. The van der Waals surface area contributed by atoms with Gasteiger partial charge in [-0.1, -0.05) is 24.3 Å². The Bertz CT molecular complexity index is 749. The zero-order valence-corrected chi connectivity index (χ0v) is 12.4. The molecule has 0 bridgehead atoms. The van der Waals surface area contributed by atoms with E-state index in [1.54, 1.807) is 0 Å². The lowest BCUT2D eigenvalue weighted by atomic mass is 9.98. The lowest BCUT2D eigenvalue weighted by molar-refractivity contribution is -0.682. The van der Waals surface area contributed by atoms with Crippen LogP contribution < -0.4 is 4.57 Å². The van der Waals surface area contributed by atoms with E-state index in [4.69, 9.17) is 0 Å². The first kappa shape index (κ1) is 13.6. The van der Waals surface area contributed by atoms with Crippen LogP contribution in [0.5, 0.6) is 0 Å². The summed E-state index contributed by atoms with van der Waals surface area (Å²) in [6, 6.07) is 12.2. The van der Waals surface area contributed by atoms with Crippen molar-refractivity contribution in [1.29, 1.82) is 0 Å². The molecule has 0 aliphatic rings.